The molecule has 0 aliphatic rings. The molecule has 1 aromatic rings. The molecule has 3 nitrogen and oxygen atoms in total. The van der Waals surface area contributed by atoms with Crippen molar-refractivity contribution in [1.29, 1.82) is 0 Å². The van der Waals surface area contributed by atoms with E-state index in [0.717, 1.165) is 12.0 Å². The number of rotatable bonds is 3. The SMILES string of the molecule is CCCNC(=O)c1occc1C. The number of hydrogen-bond acceptors (Lipinski definition) is 2. The van der Waals surface area contributed by atoms with Crippen molar-refractivity contribution in [2.75, 3.05) is 6.54 Å². The smallest absolute Gasteiger partial charge is 0.287 e. The molecule has 1 N–H and O–H groups in total. The summed E-state index contributed by atoms with van der Waals surface area (Å²) in [6.45, 7) is 4.55. The molecule has 0 radical (unpaired) electrons. The molecule has 0 fully saturated rings. The highest BCUT2D eigenvalue weighted by Crippen LogP contribution is 2.07. The Labute approximate surface area is 71.8 Å². The Balaban J connectivity index is 2.59. The first kappa shape index (κ1) is 8.84. The first-order chi connectivity index (χ1) is 5.75. The molecule has 0 aliphatic carbocycles. The van der Waals surface area contributed by atoms with Gasteiger partial charge in [0.05, 0.1) is 6.26 Å². The Hall–Kier alpha value is -1.25. The average Bonchev–Trinajstić information content (AvgIpc) is 2.47. The number of nitrogens with one attached hydrogen (secondary N) is 1. The van der Waals surface area contributed by atoms with E-state index in [9.17, 15) is 4.79 Å². The van der Waals surface area contributed by atoms with E-state index in [1.165, 1.54) is 6.26 Å². The summed E-state index contributed by atoms with van der Waals surface area (Å²) < 4.78 is 5.01. The Morgan fingerprint density at radius 1 is 1.67 bits per heavy atom. The van der Waals surface area contributed by atoms with Gasteiger partial charge in [-0.1, -0.05) is 6.92 Å². The van der Waals surface area contributed by atoms with Crippen molar-refractivity contribution in [3.8, 4) is 0 Å². The van der Waals surface area contributed by atoms with Gasteiger partial charge in [-0.3, -0.25) is 4.79 Å². The standard InChI is InChI=1S/C9H13NO2/c1-3-5-10-9(11)8-7(2)4-6-12-8/h4,6H,3,5H2,1-2H3,(H,10,11). The number of carbonyl (C=O) groups excluding carboxylic acids is 1. The summed E-state index contributed by atoms with van der Waals surface area (Å²) in [6.07, 6.45) is 2.46. The molecule has 66 valence electrons. The van der Waals surface area contributed by atoms with E-state index in [1.54, 1.807) is 6.07 Å². The lowest BCUT2D eigenvalue weighted by Gasteiger charge is -2.00. The van der Waals surface area contributed by atoms with Crippen LogP contribution in [0.2, 0.25) is 0 Å². The van der Waals surface area contributed by atoms with Crippen molar-refractivity contribution in [2.45, 2.75) is 20.3 Å². The molecular formula is C9H13NO2. The van der Waals surface area contributed by atoms with Crippen molar-refractivity contribution < 1.29 is 9.21 Å². The van der Waals surface area contributed by atoms with Gasteiger partial charge in [0.25, 0.3) is 5.91 Å². The summed E-state index contributed by atoms with van der Waals surface area (Å²) in [5, 5.41) is 2.74. The highest BCUT2D eigenvalue weighted by Gasteiger charge is 2.10. The van der Waals surface area contributed by atoms with Crippen molar-refractivity contribution in [1.82, 2.24) is 5.32 Å². The van der Waals surface area contributed by atoms with Crippen LogP contribution in [0.5, 0.6) is 0 Å². The summed E-state index contributed by atoms with van der Waals surface area (Å²) in [4.78, 5) is 11.3. The van der Waals surface area contributed by atoms with Crippen LogP contribution in [0, 0.1) is 6.92 Å². The van der Waals surface area contributed by atoms with E-state index in [4.69, 9.17) is 4.42 Å². The third-order valence-electron chi connectivity index (χ3n) is 1.60. The van der Waals surface area contributed by atoms with Crippen LogP contribution in [0.25, 0.3) is 0 Å². The van der Waals surface area contributed by atoms with Crippen LogP contribution in [-0.4, -0.2) is 12.5 Å². The summed E-state index contributed by atoms with van der Waals surface area (Å²) in [5.74, 6) is 0.294. The minimum atomic E-state index is -0.126. The average molecular weight is 167 g/mol. The molecule has 0 bridgehead atoms. The zero-order valence-corrected chi connectivity index (χ0v) is 7.39. The summed E-state index contributed by atoms with van der Waals surface area (Å²) >= 11 is 0. The van der Waals surface area contributed by atoms with Crippen LogP contribution in [0.1, 0.15) is 29.5 Å². The van der Waals surface area contributed by atoms with Gasteiger partial charge in [-0.2, -0.15) is 0 Å². The molecule has 0 atom stereocenters. The fourth-order valence-corrected chi connectivity index (χ4v) is 0.924. The lowest BCUT2D eigenvalue weighted by atomic mass is 10.2. The van der Waals surface area contributed by atoms with E-state index in [0.29, 0.717) is 12.3 Å². The Morgan fingerprint density at radius 2 is 2.42 bits per heavy atom. The van der Waals surface area contributed by atoms with Gasteiger partial charge >= 0.3 is 0 Å². The van der Waals surface area contributed by atoms with Gasteiger partial charge in [-0.05, 0) is 19.4 Å². The van der Waals surface area contributed by atoms with E-state index in [1.807, 2.05) is 13.8 Å². The first-order valence-corrected chi connectivity index (χ1v) is 4.08. The minimum Gasteiger partial charge on any atom is -0.459 e. The van der Waals surface area contributed by atoms with Crippen LogP contribution in [0.15, 0.2) is 16.7 Å². The Kier molecular flexibility index (Phi) is 2.91. The van der Waals surface area contributed by atoms with Crippen molar-refractivity contribution in [3.63, 3.8) is 0 Å². The maximum Gasteiger partial charge on any atom is 0.287 e. The third-order valence-corrected chi connectivity index (χ3v) is 1.60. The predicted octanol–water partition coefficient (Wildman–Crippen LogP) is 1.73. The summed E-state index contributed by atoms with van der Waals surface area (Å²) in [7, 11) is 0. The number of amides is 1. The molecule has 0 aliphatic heterocycles. The van der Waals surface area contributed by atoms with Gasteiger partial charge in [0.1, 0.15) is 0 Å². The van der Waals surface area contributed by atoms with Crippen LogP contribution in [-0.2, 0) is 0 Å². The predicted molar refractivity (Wildman–Crippen MR) is 46.1 cm³/mol. The fraction of sp³-hybridized carbons (Fsp3) is 0.444. The minimum absolute atomic E-state index is 0.126. The lowest BCUT2D eigenvalue weighted by Crippen LogP contribution is -2.24. The van der Waals surface area contributed by atoms with Crippen LogP contribution in [0.3, 0.4) is 0 Å². The number of hydrogen-bond donors (Lipinski definition) is 1. The molecule has 0 saturated carbocycles. The summed E-state index contributed by atoms with van der Waals surface area (Å²) in [6, 6.07) is 1.78. The third kappa shape index (κ3) is 1.87. The molecule has 0 unspecified atom stereocenters. The number of furan rings is 1. The molecular weight excluding hydrogens is 154 g/mol. The largest absolute Gasteiger partial charge is 0.459 e. The fourth-order valence-electron chi connectivity index (χ4n) is 0.924. The van der Waals surface area contributed by atoms with Crippen LogP contribution >= 0.6 is 0 Å². The number of carbonyl (C=O) groups is 1. The van der Waals surface area contributed by atoms with Gasteiger partial charge in [0.15, 0.2) is 5.76 Å². The molecule has 1 heterocycles. The van der Waals surface area contributed by atoms with Crippen molar-refractivity contribution >= 4 is 5.91 Å². The normalized spacial score (nSPS) is 9.83. The molecule has 0 spiro atoms. The molecule has 1 rings (SSSR count). The quantitative estimate of drug-likeness (QED) is 0.744. The Morgan fingerprint density at radius 3 is 2.92 bits per heavy atom. The topological polar surface area (TPSA) is 42.2 Å². The maximum atomic E-state index is 11.3. The van der Waals surface area contributed by atoms with Gasteiger partial charge in [0.2, 0.25) is 0 Å². The van der Waals surface area contributed by atoms with Crippen molar-refractivity contribution in [3.05, 3.63) is 23.7 Å². The zero-order chi connectivity index (χ0) is 8.97. The molecule has 1 aromatic heterocycles. The monoisotopic (exact) mass is 167 g/mol. The van der Waals surface area contributed by atoms with E-state index >= 15 is 0 Å². The molecule has 3 heteroatoms. The van der Waals surface area contributed by atoms with Gasteiger partial charge < -0.3 is 9.73 Å². The molecule has 12 heavy (non-hydrogen) atoms. The van der Waals surface area contributed by atoms with E-state index in [-0.39, 0.29) is 5.91 Å². The second kappa shape index (κ2) is 3.95. The molecule has 1 amide bonds. The highest BCUT2D eigenvalue weighted by atomic mass is 16.3. The number of aryl methyl sites for hydroxylation is 1. The zero-order valence-electron chi connectivity index (χ0n) is 7.39. The Bertz CT molecular complexity index is 265. The second-order valence-electron chi connectivity index (χ2n) is 2.69. The maximum absolute atomic E-state index is 11.3. The van der Waals surface area contributed by atoms with Gasteiger partial charge in [0, 0.05) is 12.1 Å². The van der Waals surface area contributed by atoms with Crippen molar-refractivity contribution in [2.24, 2.45) is 0 Å². The summed E-state index contributed by atoms with van der Waals surface area (Å²) in [5.41, 5.74) is 0.878. The highest BCUT2D eigenvalue weighted by molar-refractivity contribution is 5.92. The van der Waals surface area contributed by atoms with E-state index in [2.05, 4.69) is 5.32 Å². The van der Waals surface area contributed by atoms with Gasteiger partial charge in [-0.25, -0.2) is 0 Å². The van der Waals surface area contributed by atoms with Crippen LogP contribution < -0.4 is 5.32 Å². The van der Waals surface area contributed by atoms with Crippen LogP contribution in [0.4, 0.5) is 0 Å². The lowest BCUT2D eigenvalue weighted by molar-refractivity contribution is 0.0925. The van der Waals surface area contributed by atoms with E-state index < -0.39 is 0 Å². The van der Waals surface area contributed by atoms with Gasteiger partial charge in [-0.15, -0.1) is 0 Å². The first-order valence-electron chi connectivity index (χ1n) is 4.08. The molecule has 0 saturated heterocycles. The molecule has 0 aromatic carbocycles. The second-order valence-corrected chi connectivity index (χ2v) is 2.69.